The zero-order valence-corrected chi connectivity index (χ0v) is 11.4. The summed E-state index contributed by atoms with van der Waals surface area (Å²) in [6.07, 6.45) is 1.58. The molecular weight excluding hydrogens is 276 g/mol. The van der Waals surface area contributed by atoms with Gasteiger partial charge in [0.2, 0.25) is 0 Å². The lowest BCUT2D eigenvalue weighted by Gasteiger charge is -2.36. The van der Waals surface area contributed by atoms with Crippen molar-refractivity contribution >= 4 is 17.9 Å². The number of nitrogens with zero attached hydrogens (tertiary/aromatic N) is 3. The van der Waals surface area contributed by atoms with Crippen LogP contribution in [0, 0.1) is 0 Å². The van der Waals surface area contributed by atoms with Gasteiger partial charge in [-0.15, -0.1) is 0 Å². The highest BCUT2D eigenvalue weighted by atomic mass is 16.4. The number of carbonyl (C=O) groups excluding carboxylic acids is 2. The highest BCUT2D eigenvalue weighted by Gasteiger charge is 2.37. The summed E-state index contributed by atoms with van der Waals surface area (Å²) in [5.41, 5.74) is 0.364. The van der Waals surface area contributed by atoms with Crippen LogP contribution in [0.15, 0.2) is 18.3 Å². The summed E-state index contributed by atoms with van der Waals surface area (Å²) in [6.45, 7) is 1.73. The Balaban J connectivity index is 1.73. The zero-order valence-electron chi connectivity index (χ0n) is 11.4. The second-order valence-corrected chi connectivity index (χ2v) is 5.20. The quantitative estimate of drug-likeness (QED) is 0.779. The fourth-order valence-electron chi connectivity index (χ4n) is 2.84. The second kappa shape index (κ2) is 5.12. The van der Waals surface area contributed by atoms with E-state index >= 15 is 0 Å². The number of amides is 3. The second-order valence-electron chi connectivity index (χ2n) is 5.20. The highest BCUT2D eigenvalue weighted by Crippen LogP contribution is 2.17. The smallest absolute Gasteiger partial charge is 0.323 e. The van der Waals surface area contributed by atoms with Crippen molar-refractivity contribution in [1.82, 2.24) is 19.7 Å². The van der Waals surface area contributed by atoms with E-state index in [4.69, 9.17) is 5.11 Å². The molecule has 1 atom stereocenters. The lowest BCUT2D eigenvalue weighted by Crippen LogP contribution is -2.54. The van der Waals surface area contributed by atoms with E-state index in [2.05, 4.69) is 5.32 Å². The molecule has 0 radical (unpaired) electrons. The van der Waals surface area contributed by atoms with Crippen LogP contribution in [0.4, 0.5) is 4.79 Å². The van der Waals surface area contributed by atoms with E-state index in [1.807, 2.05) is 0 Å². The number of rotatable bonds is 3. The molecule has 8 heteroatoms. The van der Waals surface area contributed by atoms with Gasteiger partial charge in [0.05, 0.1) is 6.04 Å². The van der Waals surface area contributed by atoms with Crippen molar-refractivity contribution in [3.05, 3.63) is 24.0 Å². The Kier molecular flexibility index (Phi) is 3.28. The van der Waals surface area contributed by atoms with Crippen LogP contribution < -0.4 is 5.32 Å². The normalized spacial score (nSPS) is 21.1. The van der Waals surface area contributed by atoms with Crippen LogP contribution in [0.3, 0.4) is 0 Å². The van der Waals surface area contributed by atoms with Gasteiger partial charge in [0, 0.05) is 32.4 Å². The molecule has 8 nitrogen and oxygen atoms in total. The molecule has 2 fully saturated rings. The molecule has 2 aliphatic heterocycles. The van der Waals surface area contributed by atoms with Crippen molar-refractivity contribution in [2.24, 2.45) is 0 Å². The topological polar surface area (TPSA) is 94.9 Å². The van der Waals surface area contributed by atoms with E-state index in [1.165, 1.54) is 4.57 Å². The summed E-state index contributed by atoms with van der Waals surface area (Å²) < 4.78 is 1.43. The molecule has 2 N–H and O–H groups in total. The summed E-state index contributed by atoms with van der Waals surface area (Å²) in [4.78, 5) is 38.3. The number of fused-ring (bicyclic) bond motifs is 1. The van der Waals surface area contributed by atoms with Gasteiger partial charge in [0.25, 0.3) is 5.91 Å². The molecule has 3 heterocycles. The Hall–Kier alpha value is -2.51. The number of hydrogen-bond acceptors (Lipinski definition) is 3. The Morgan fingerprint density at radius 2 is 2.19 bits per heavy atom. The molecule has 0 spiro atoms. The number of piperazine rings is 1. The molecule has 1 aromatic heterocycles. The average molecular weight is 292 g/mol. The van der Waals surface area contributed by atoms with Gasteiger partial charge >= 0.3 is 12.0 Å². The predicted octanol–water partition coefficient (Wildman–Crippen LogP) is -0.578. The molecule has 1 aromatic rings. The predicted molar refractivity (Wildman–Crippen MR) is 71.9 cm³/mol. The van der Waals surface area contributed by atoms with Gasteiger partial charge in [-0.3, -0.25) is 9.59 Å². The van der Waals surface area contributed by atoms with Crippen LogP contribution in [0.1, 0.15) is 10.5 Å². The lowest BCUT2D eigenvalue weighted by atomic mass is 10.2. The van der Waals surface area contributed by atoms with Crippen LogP contribution in [0.25, 0.3) is 0 Å². The number of nitrogens with one attached hydrogen (secondary N) is 1. The Bertz CT molecular complexity index is 597. The Morgan fingerprint density at radius 3 is 2.95 bits per heavy atom. The molecule has 1 unspecified atom stereocenters. The van der Waals surface area contributed by atoms with E-state index < -0.39 is 5.97 Å². The Morgan fingerprint density at radius 1 is 1.38 bits per heavy atom. The van der Waals surface area contributed by atoms with Crippen LogP contribution >= 0.6 is 0 Å². The summed E-state index contributed by atoms with van der Waals surface area (Å²) >= 11 is 0. The van der Waals surface area contributed by atoms with E-state index in [1.54, 1.807) is 28.1 Å². The number of carboxylic acid groups (broad SMARTS) is 1. The molecule has 2 saturated heterocycles. The van der Waals surface area contributed by atoms with Gasteiger partial charge in [-0.2, -0.15) is 0 Å². The van der Waals surface area contributed by atoms with Crippen molar-refractivity contribution in [3.63, 3.8) is 0 Å². The first-order valence-electron chi connectivity index (χ1n) is 6.77. The summed E-state index contributed by atoms with van der Waals surface area (Å²) in [6, 6.07) is 3.20. The minimum Gasteiger partial charge on any atom is -0.480 e. The van der Waals surface area contributed by atoms with Crippen LogP contribution in [-0.4, -0.2) is 69.6 Å². The highest BCUT2D eigenvalue weighted by molar-refractivity contribution is 5.93. The van der Waals surface area contributed by atoms with Gasteiger partial charge in [-0.05, 0) is 12.1 Å². The van der Waals surface area contributed by atoms with E-state index in [9.17, 15) is 14.4 Å². The zero-order chi connectivity index (χ0) is 15.0. The third-order valence-corrected chi connectivity index (χ3v) is 3.87. The fraction of sp³-hybridized carbons (Fsp3) is 0.462. The minimum atomic E-state index is -0.990. The maximum Gasteiger partial charge on any atom is 0.323 e. The molecular formula is C13H16N4O4. The van der Waals surface area contributed by atoms with E-state index in [0.717, 1.165) is 0 Å². The van der Waals surface area contributed by atoms with Crippen molar-refractivity contribution in [3.8, 4) is 0 Å². The van der Waals surface area contributed by atoms with Gasteiger partial charge < -0.3 is 24.8 Å². The SMILES string of the molecule is O=C(O)Cn1cccc1C(=O)N1CCN2C(=O)NCC2C1. The van der Waals surface area contributed by atoms with Crippen LogP contribution in [0.2, 0.25) is 0 Å². The molecule has 2 aliphatic rings. The van der Waals surface area contributed by atoms with Gasteiger partial charge in [0.1, 0.15) is 12.2 Å². The maximum absolute atomic E-state index is 12.5. The number of aromatic nitrogens is 1. The van der Waals surface area contributed by atoms with Crippen molar-refractivity contribution in [2.45, 2.75) is 12.6 Å². The number of hydrogen-bond donors (Lipinski definition) is 2. The van der Waals surface area contributed by atoms with Crippen LogP contribution in [0.5, 0.6) is 0 Å². The molecule has 0 aromatic carbocycles. The molecule has 112 valence electrons. The summed E-state index contributed by atoms with van der Waals surface area (Å²) in [5, 5.41) is 11.6. The lowest BCUT2D eigenvalue weighted by molar-refractivity contribution is -0.137. The molecule has 3 rings (SSSR count). The van der Waals surface area contributed by atoms with E-state index in [-0.39, 0.29) is 24.5 Å². The standard InChI is InChI=1S/C13H16N4O4/c18-11(19)8-15-3-1-2-10(15)12(20)16-4-5-17-9(7-16)6-14-13(17)21/h1-3,9H,4-8H2,(H,14,21)(H,18,19). The van der Waals surface area contributed by atoms with Gasteiger partial charge in [-0.1, -0.05) is 0 Å². The molecule has 0 saturated carbocycles. The number of urea groups is 1. The van der Waals surface area contributed by atoms with E-state index in [0.29, 0.717) is 31.9 Å². The number of carboxylic acids is 1. The van der Waals surface area contributed by atoms with Gasteiger partial charge in [-0.25, -0.2) is 4.79 Å². The first-order valence-corrected chi connectivity index (χ1v) is 6.77. The minimum absolute atomic E-state index is 0.00177. The van der Waals surface area contributed by atoms with Crippen molar-refractivity contribution < 1.29 is 19.5 Å². The average Bonchev–Trinajstić information content (AvgIpc) is 3.04. The Labute approximate surface area is 120 Å². The maximum atomic E-state index is 12.5. The first-order chi connectivity index (χ1) is 10.1. The fourth-order valence-corrected chi connectivity index (χ4v) is 2.84. The third-order valence-electron chi connectivity index (χ3n) is 3.87. The summed E-state index contributed by atoms with van der Waals surface area (Å²) in [5.74, 6) is -1.18. The van der Waals surface area contributed by atoms with Crippen LogP contribution in [-0.2, 0) is 11.3 Å². The number of aliphatic carboxylic acids is 1. The summed E-state index contributed by atoms with van der Waals surface area (Å²) in [7, 11) is 0. The van der Waals surface area contributed by atoms with Crippen molar-refractivity contribution in [2.75, 3.05) is 26.2 Å². The molecule has 0 bridgehead atoms. The van der Waals surface area contributed by atoms with Gasteiger partial charge in [0.15, 0.2) is 0 Å². The largest absolute Gasteiger partial charge is 0.480 e. The molecule has 3 amide bonds. The number of carbonyl (C=O) groups is 3. The molecule has 21 heavy (non-hydrogen) atoms. The first kappa shape index (κ1) is 13.5. The third kappa shape index (κ3) is 2.44. The van der Waals surface area contributed by atoms with Crippen molar-refractivity contribution in [1.29, 1.82) is 0 Å². The molecule has 0 aliphatic carbocycles. The monoisotopic (exact) mass is 292 g/mol.